The van der Waals surface area contributed by atoms with Gasteiger partial charge in [-0.3, -0.25) is 14.4 Å². The van der Waals surface area contributed by atoms with Crippen molar-refractivity contribution < 1.29 is 29.0 Å². The van der Waals surface area contributed by atoms with Crippen LogP contribution in [-0.4, -0.2) is 41.0 Å². The fourth-order valence-electron chi connectivity index (χ4n) is 4.08. The number of rotatable bonds is 11. The molecular formula is C26H31NO6. The van der Waals surface area contributed by atoms with Crippen LogP contribution < -0.4 is 4.74 Å². The number of carbonyl (C=O) groups excluding carboxylic acids is 2. The van der Waals surface area contributed by atoms with E-state index in [2.05, 4.69) is 0 Å². The number of hydrogen-bond acceptors (Lipinski definition) is 5. The zero-order chi connectivity index (χ0) is 23.8. The van der Waals surface area contributed by atoms with Gasteiger partial charge in [0.15, 0.2) is 0 Å². The smallest absolute Gasteiger partial charge is 0.309 e. The number of carboxylic acid groups (broad SMARTS) is 1. The van der Waals surface area contributed by atoms with Gasteiger partial charge in [0.25, 0.3) is 0 Å². The van der Waals surface area contributed by atoms with Crippen LogP contribution in [0.4, 0.5) is 0 Å². The van der Waals surface area contributed by atoms with Gasteiger partial charge in [-0.1, -0.05) is 44.2 Å². The molecule has 1 saturated carbocycles. The van der Waals surface area contributed by atoms with E-state index in [4.69, 9.17) is 9.47 Å². The Morgan fingerprint density at radius 1 is 0.939 bits per heavy atom. The zero-order valence-corrected chi connectivity index (χ0v) is 19.1. The van der Waals surface area contributed by atoms with Crippen molar-refractivity contribution in [2.24, 2.45) is 17.8 Å². The fourth-order valence-corrected chi connectivity index (χ4v) is 4.08. The molecule has 3 unspecified atom stereocenters. The quantitative estimate of drug-likeness (QED) is 0.503. The minimum atomic E-state index is -1.13. The summed E-state index contributed by atoms with van der Waals surface area (Å²) in [6.07, 6.45) is 1.62. The Morgan fingerprint density at radius 2 is 1.61 bits per heavy atom. The summed E-state index contributed by atoms with van der Waals surface area (Å²) in [5.41, 5.74) is 0.919. The van der Waals surface area contributed by atoms with E-state index in [9.17, 15) is 19.5 Å². The van der Waals surface area contributed by atoms with Crippen LogP contribution in [0.5, 0.6) is 11.5 Å². The van der Waals surface area contributed by atoms with Crippen LogP contribution in [0.25, 0.3) is 0 Å². The summed E-state index contributed by atoms with van der Waals surface area (Å²) < 4.78 is 10.9. The first-order chi connectivity index (χ1) is 15.9. The van der Waals surface area contributed by atoms with E-state index in [-0.39, 0.29) is 18.9 Å². The van der Waals surface area contributed by atoms with Crippen LogP contribution >= 0.6 is 0 Å². The summed E-state index contributed by atoms with van der Waals surface area (Å²) in [5.74, 6) is -2.96. The number of hydrogen-bond donors (Lipinski definition) is 1. The monoisotopic (exact) mass is 453 g/mol. The lowest BCUT2D eigenvalue weighted by molar-refractivity contribution is -0.175. The third-order valence-electron chi connectivity index (χ3n) is 5.81. The van der Waals surface area contributed by atoms with Gasteiger partial charge >= 0.3 is 11.9 Å². The molecule has 0 saturated heterocycles. The molecule has 3 atom stereocenters. The van der Waals surface area contributed by atoms with Crippen LogP contribution in [0, 0.1) is 17.8 Å². The molecule has 1 aliphatic rings. The number of amides is 1. The molecule has 0 spiro atoms. The molecule has 2 aromatic rings. The summed E-state index contributed by atoms with van der Waals surface area (Å²) in [7, 11) is 0. The number of carboxylic acids is 1. The minimum Gasteiger partial charge on any atom is -0.481 e. The number of nitrogens with zero attached hydrogens (tertiary/aromatic N) is 1. The Morgan fingerprint density at radius 3 is 2.21 bits per heavy atom. The Labute approximate surface area is 194 Å². The van der Waals surface area contributed by atoms with Gasteiger partial charge in [-0.15, -0.1) is 0 Å². The minimum absolute atomic E-state index is 0.211. The van der Waals surface area contributed by atoms with Crippen LogP contribution in [0.2, 0.25) is 0 Å². The van der Waals surface area contributed by atoms with Crippen molar-refractivity contribution in [3.05, 3.63) is 60.2 Å². The van der Waals surface area contributed by atoms with Gasteiger partial charge in [0, 0.05) is 13.1 Å². The van der Waals surface area contributed by atoms with Crippen LogP contribution in [-0.2, 0) is 25.7 Å². The molecule has 7 nitrogen and oxygen atoms in total. The van der Waals surface area contributed by atoms with Crippen molar-refractivity contribution in [2.75, 3.05) is 13.2 Å². The lowest BCUT2D eigenvalue weighted by atomic mass is 9.64. The number of esters is 1. The maximum absolute atomic E-state index is 13.2. The second-order valence-corrected chi connectivity index (χ2v) is 8.30. The van der Waals surface area contributed by atoms with Gasteiger partial charge in [-0.05, 0) is 49.1 Å². The van der Waals surface area contributed by atoms with Gasteiger partial charge in [0.1, 0.15) is 11.5 Å². The number of carbonyl (C=O) groups is 3. The molecule has 2 aromatic carbocycles. The summed E-state index contributed by atoms with van der Waals surface area (Å²) in [6.45, 7) is 4.97. The molecule has 0 aromatic heterocycles. The highest BCUT2D eigenvalue weighted by Gasteiger charge is 2.54. The normalized spacial score (nSPS) is 19.3. The second-order valence-electron chi connectivity index (χ2n) is 8.30. The molecule has 7 heteroatoms. The lowest BCUT2D eigenvalue weighted by Crippen LogP contribution is -2.53. The first-order valence-electron chi connectivity index (χ1n) is 11.4. The summed E-state index contributed by atoms with van der Waals surface area (Å²) in [6, 6.07) is 17.0. The first-order valence-corrected chi connectivity index (χ1v) is 11.4. The topological polar surface area (TPSA) is 93.1 Å². The molecule has 0 radical (unpaired) electrons. The molecule has 1 N–H and O–H groups in total. The van der Waals surface area contributed by atoms with E-state index in [1.165, 1.54) is 0 Å². The highest BCUT2D eigenvalue weighted by molar-refractivity contribution is 5.92. The third kappa shape index (κ3) is 6.12. The summed E-state index contributed by atoms with van der Waals surface area (Å²) >= 11 is 0. The van der Waals surface area contributed by atoms with Gasteiger partial charge < -0.3 is 19.5 Å². The van der Waals surface area contributed by atoms with E-state index in [1.54, 1.807) is 4.90 Å². The third-order valence-corrected chi connectivity index (χ3v) is 5.81. The average Bonchev–Trinajstić information content (AvgIpc) is 2.78. The van der Waals surface area contributed by atoms with Gasteiger partial charge in [-0.2, -0.15) is 0 Å². The largest absolute Gasteiger partial charge is 0.481 e. The predicted molar refractivity (Wildman–Crippen MR) is 123 cm³/mol. The SMILES string of the molecule is CCCOC(=O)C1CC(C(=O)N(CCC)Cc2ccc(Oc3ccccc3)cc2)C1C(=O)O. The Hall–Kier alpha value is -3.35. The van der Waals surface area contributed by atoms with Gasteiger partial charge in [0.05, 0.1) is 24.4 Å². The molecule has 0 heterocycles. The Kier molecular flexibility index (Phi) is 8.46. The molecule has 0 bridgehead atoms. The second kappa shape index (κ2) is 11.5. The molecule has 1 amide bonds. The summed E-state index contributed by atoms with van der Waals surface area (Å²) in [5, 5.41) is 9.66. The number of benzene rings is 2. The van der Waals surface area contributed by atoms with Crippen LogP contribution in [0.1, 0.15) is 38.7 Å². The van der Waals surface area contributed by atoms with Crippen molar-refractivity contribution in [3.63, 3.8) is 0 Å². The number of ether oxygens (including phenoxy) is 2. The summed E-state index contributed by atoms with van der Waals surface area (Å²) in [4.78, 5) is 38.9. The molecule has 0 aliphatic heterocycles. The molecule has 33 heavy (non-hydrogen) atoms. The highest BCUT2D eigenvalue weighted by atomic mass is 16.5. The van der Waals surface area contributed by atoms with Crippen molar-refractivity contribution >= 4 is 17.8 Å². The first kappa shape index (κ1) is 24.3. The Balaban J connectivity index is 1.65. The van der Waals surface area contributed by atoms with Crippen molar-refractivity contribution in [1.82, 2.24) is 4.90 Å². The van der Waals surface area contributed by atoms with E-state index >= 15 is 0 Å². The van der Waals surface area contributed by atoms with Crippen molar-refractivity contribution in [1.29, 1.82) is 0 Å². The van der Waals surface area contributed by atoms with E-state index in [1.807, 2.05) is 68.4 Å². The number of para-hydroxylation sites is 1. The molecule has 3 rings (SSSR count). The molecule has 176 valence electrons. The van der Waals surface area contributed by atoms with Crippen LogP contribution in [0.3, 0.4) is 0 Å². The lowest BCUT2D eigenvalue weighted by Gasteiger charge is -2.41. The molecule has 1 fully saturated rings. The fraction of sp³-hybridized carbons (Fsp3) is 0.423. The van der Waals surface area contributed by atoms with E-state index in [0.717, 1.165) is 17.7 Å². The van der Waals surface area contributed by atoms with Gasteiger partial charge in [0.2, 0.25) is 5.91 Å². The average molecular weight is 454 g/mol. The number of aliphatic carboxylic acids is 1. The zero-order valence-electron chi connectivity index (χ0n) is 19.1. The standard InChI is InChI=1S/C26H31NO6/c1-3-14-27(17-18-10-12-20(13-11-18)33-19-8-6-5-7-9-19)24(28)21-16-22(23(21)25(29)30)26(31)32-15-4-2/h5-13,21-23H,3-4,14-17H2,1-2H3,(H,29,30). The van der Waals surface area contributed by atoms with Crippen LogP contribution in [0.15, 0.2) is 54.6 Å². The molecule has 1 aliphatic carbocycles. The van der Waals surface area contributed by atoms with Crippen molar-refractivity contribution in [2.45, 2.75) is 39.7 Å². The van der Waals surface area contributed by atoms with E-state index in [0.29, 0.717) is 25.3 Å². The maximum atomic E-state index is 13.2. The van der Waals surface area contributed by atoms with Gasteiger partial charge in [-0.25, -0.2) is 0 Å². The Bertz CT molecular complexity index is 943. The van der Waals surface area contributed by atoms with E-state index < -0.39 is 29.7 Å². The highest BCUT2D eigenvalue weighted by Crippen LogP contribution is 2.43. The molecular weight excluding hydrogens is 422 g/mol. The van der Waals surface area contributed by atoms with Crippen molar-refractivity contribution in [3.8, 4) is 11.5 Å². The predicted octanol–water partition coefficient (Wildman–Crippen LogP) is 4.51. The maximum Gasteiger partial charge on any atom is 0.309 e.